The zero-order valence-electron chi connectivity index (χ0n) is 16.2. The molecule has 3 rings (SSSR count). The van der Waals surface area contributed by atoms with Crippen molar-refractivity contribution in [1.82, 2.24) is 5.32 Å². The highest BCUT2D eigenvalue weighted by Gasteiger charge is 2.29. The summed E-state index contributed by atoms with van der Waals surface area (Å²) in [5.41, 5.74) is 0.661. The Balaban J connectivity index is 1.61. The van der Waals surface area contributed by atoms with Crippen LogP contribution in [0.5, 0.6) is 0 Å². The highest BCUT2D eigenvalue weighted by atomic mass is 35.5. The molecule has 1 aromatic carbocycles. The number of sulfone groups is 1. The second-order valence-electron chi connectivity index (χ2n) is 7.77. The first-order valence-electron chi connectivity index (χ1n) is 9.58. The molecule has 0 aliphatic heterocycles. The van der Waals surface area contributed by atoms with Gasteiger partial charge in [-0.15, -0.1) is 0 Å². The summed E-state index contributed by atoms with van der Waals surface area (Å²) in [7, 11) is -3.42. The zero-order valence-corrected chi connectivity index (χ0v) is 17.7. The molecule has 0 radical (unpaired) electrons. The van der Waals surface area contributed by atoms with E-state index in [1.165, 1.54) is 6.42 Å². The molecule has 0 spiro atoms. The molecule has 1 aliphatic rings. The van der Waals surface area contributed by atoms with Crippen molar-refractivity contribution in [3.63, 3.8) is 0 Å². The van der Waals surface area contributed by atoms with Crippen LogP contribution in [0.4, 0.5) is 0 Å². The van der Waals surface area contributed by atoms with E-state index in [1.54, 1.807) is 36.4 Å². The van der Waals surface area contributed by atoms with E-state index in [4.69, 9.17) is 16.0 Å². The summed E-state index contributed by atoms with van der Waals surface area (Å²) < 4.78 is 30.4. The molecule has 1 aliphatic carbocycles. The third-order valence-electron chi connectivity index (χ3n) is 5.57. The lowest BCUT2D eigenvalue weighted by Gasteiger charge is -2.34. The van der Waals surface area contributed by atoms with E-state index < -0.39 is 9.84 Å². The van der Waals surface area contributed by atoms with Crippen molar-refractivity contribution in [1.29, 1.82) is 0 Å². The van der Waals surface area contributed by atoms with E-state index in [-0.39, 0.29) is 35.0 Å². The topological polar surface area (TPSA) is 76.4 Å². The van der Waals surface area contributed by atoms with Gasteiger partial charge >= 0.3 is 0 Å². The molecule has 28 heavy (non-hydrogen) atoms. The number of carbonyl (C=O) groups excluding carboxylic acids is 1. The monoisotopic (exact) mass is 423 g/mol. The first-order chi connectivity index (χ1) is 13.2. The van der Waals surface area contributed by atoms with Gasteiger partial charge in [0.25, 0.3) is 5.91 Å². The molecule has 1 saturated carbocycles. The van der Waals surface area contributed by atoms with Crippen molar-refractivity contribution in [2.75, 3.05) is 0 Å². The normalized spacial score (nSPS) is 22.8. The number of nitrogens with one attached hydrogen (secondary N) is 1. The quantitative estimate of drug-likeness (QED) is 0.736. The van der Waals surface area contributed by atoms with Crippen LogP contribution in [0, 0.1) is 11.8 Å². The molecule has 1 amide bonds. The molecule has 2 aromatic rings. The van der Waals surface area contributed by atoms with Crippen LogP contribution < -0.4 is 5.32 Å². The van der Waals surface area contributed by atoms with Crippen LogP contribution in [-0.2, 0) is 21.3 Å². The number of carbonyl (C=O) groups is 1. The Morgan fingerprint density at radius 2 is 1.82 bits per heavy atom. The molecular weight excluding hydrogens is 398 g/mol. The highest BCUT2D eigenvalue weighted by Crippen LogP contribution is 2.29. The summed E-state index contributed by atoms with van der Waals surface area (Å²) in [6.45, 7) is 4.37. The number of rotatable bonds is 6. The molecule has 0 unspecified atom stereocenters. The number of hydrogen-bond donors (Lipinski definition) is 1. The van der Waals surface area contributed by atoms with Gasteiger partial charge in [0.05, 0.1) is 5.75 Å². The van der Waals surface area contributed by atoms with Crippen molar-refractivity contribution in [3.8, 4) is 0 Å². The Labute approximate surface area is 171 Å². The number of amides is 1. The van der Waals surface area contributed by atoms with Crippen molar-refractivity contribution < 1.29 is 17.6 Å². The fraction of sp³-hybridized carbons (Fsp3) is 0.476. The van der Waals surface area contributed by atoms with E-state index in [0.717, 1.165) is 12.8 Å². The second-order valence-corrected chi connectivity index (χ2v) is 10.3. The smallest absolute Gasteiger partial charge is 0.287 e. The minimum Gasteiger partial charge on any atom is -0.455 e. The maximum Gasteiger partial charge on any atom is 0.287 e. The van der Waals surface area contributed by atoms with E-state index >= 15 is 0 Å². The van der Waals surface area contributed by atoms with Crippen LogP contribution in [0.1, 0.15) is 55.0 Å². The van der Waals surface area contributed by atoms with E-state index in [0.29, 0.717) is 22.4 Å². The highest BCUT2D eigenvalue weighted by molar-refractivity contribution is 7.89. The minimum atomic E-state index is -3.42. The lowest BCUT2D eigenvalue weighted by molar-refractivity contribution is 0.0861. The average Bonchev–Trinajstić information content (AvgIpc) is 3.08. The molecule has 0 bridgehead atoms. The summed E-state index contributed by atoms with van der Waals surface area (Å²) in [6.07, 6.45) is 3.24. The third-order valence-corrected chi connectivity index (χ3v) is 7.32. The van der Waals surface area contributed by atoms with Gasteiger partial charge in [0.15, 0.2) is 15.6 Å². The maximum absolute atomic E-state index is 12.5. The molecule has 7 heteroatoms. The Morgan fingerprint density at radius 3 is 2.54 bits per heavy atom. The van der Waals surface area contributed by atoms with Crippen LogP contribution in [0.25, 0.3) is 0 Å². The largest absolute Gasteiger partial charge is 0.455 e. The van der Waals surface area contributed by atoms with Gasteiger partial charge in [-0.3, -0.25) is 4.79 Å². The maximum atomic E-state index is 12.5. The third kappa shape index (κ3) is 5.39. The Hall–Kier alpha value is -1.79. The molecule has 1 heterocycles. The molecule has 1 aromatic heterocycles. The number of halogens is 1. The second kappa shape index (κ2) is 8.70. The molecule has 0 saturated heterocycles. The number of furan rings is 1. The molecule has 152 valence electrons. The van der Waals surface area contributed by atoms with Gasteiger partial charge in [0.1, 0.15) is 11.5 Å². The number of hydrogen-bond acceptors (Lipinski definition) is 4. The summed E-state index contributed by atoms with van der Waals surface area (Å²) in [6, 6.07) is 9.92. The molecule has 5 nitrogen and oxygen atoms in total. The van der Waals surface area contributed by atoms with Crippen LogP contribution in [-0.4, -0.2) is 20.4 Å². The van der Waals surface area contributed by atoms with Gasteiger partial charge in [-0.25, -0.2) is 8.42 Å². The van der Waals surface area contributed by atoms with Gasteiger partial charge in [0, 0.05) is 11.1 Å². The van der Waals surface area contributed by atoms with Crippen molar-refractivity contribution in [2.24, 2.45) is 11.8 Å². The first kappa shape index (κ1) is 20.9. The minimum absolute atomic E-state index is 0.107. The molecule has 1 N–H and O–H groups in total. The predicted molar refractivity (Wildman–Crippen MR) is 110 cm³/mol. The Bertz CT molecular complexity index is 920. The van der Waals surface area contributed by atoms with Crippen LogP contribution in [0.3, 0.4) is 0 Å². The van der Waals surface area contributed by atoms with Gasteiger partial charge < -0.3 is 9.73 Å². The molecular formula is C21H26ClNO4S. The zero-order chi connectivity index (χ0) is 20.3. The fourth-order valence-electron chi connectivity index (χ4n) is 3.71. The van der Waals surface area contributed by atoms with Crippen LogP contribution >= 0.6 is 11.6 Å². The van der Waals surface area contributed by atoms with Gasteiger partial charge in [-0.2, -0.15) is 0 Å². The summed E-state index contributed by atoms with van der Waals surface area (Å²) in [5.74, 6) is 0.763. The van der Waals surface area contributed by atoms with E-state index in [1.807, 2.05) is 0 Å². The Kier molecular flexibility index (Phi) is 6.50. The summed E-state index contributed by atoms with van der Waals surface area (Å²) in [4.78, 5) is 12.5. The van der Waals surface area contributed by atoms with Crippen molar-refractivity contribution in [2.45, 2.75) is 50.7 Å². The lowest BCUT2D eigenvalue weighted by Crippen LogP contribution is -2.43. The molecule has 1 fully saturated rings. The predicted octanol–water partition coefficient (Wildman–Crippen LogP) is 4.60. The number of benzene rings is 1. The lowest BCUT2D eigenvalue weighted by atomic mass is 9.78. The van der Waals surface area contributed by atoms with Crippen LogP contribution in [0.15, 0.2) is 40.8 Å². The SMILES string of the molecule is C[C@@H]1[C@H](C)CCC[C@@H]1NC(=O)c1ccc(CS(=O)(=O)Cc2ccc(Cl)cc2)o1. The van der Waals surface area contributed by atoms with E-state index in [2.05, 4.69) is 19.2 Å². The summed E-state index contributed by atoms with van der Waals surface area (Å²) >= 11 is 5.83. The summed E-state index contributed by atoms with van der Waals surface area (Å²) in [5, 5.41) is 3.60. The van der Waals surface area contributed by atoms with E-state index in [9.17, 15) is 13.2 Å². The van der Waals surface area contributed by atoms with Crippen LogP contribution in [0.2, 0.25) is 5.02 Å². The first-order valence-corrected chi connectivity index (χ1v) is 11.8. The van der Waals surface area contributed by atoms with Crippen molar-refractivity contribution >= 4 is 27.3 Å². The fourth-order valence-corrected chi connectivity index (χ4v) is 5.22. The van der Waals surface area contributed by atoms with Crippen molar-refractivity contribution in [3.05, 3.63) is 58.5 Å². The average molecular weight is 424 g/mol. The standard InChI is InChI=1S/C21H26ClNO4S/c1-14-4-3-5-19(15(14)2)23-21(24)20-11-10-18(27-20)13-28(25,26)12-16-6-8-17(22)9-7-16/h6-11,14-15,19H,3-5,12-13H2,1-2H3,(H,23,24)/t14-,15-,19+/m1/s1. The Morgan fingerprint density at radius 1 is 1.11 bits per heavy atom. The molecule has 3 atom stereocenters. The van der Waals surface area contributed by atoms with Gasteiger partial charge in [-0.1, -0.05) is 50.4 Å². The van der Waals surface area contributed by atoms with Gasteiger partial charge in [0.2, 0.25) is 0 Å². The van der Waals surface area contributed by atoms with Gasteiger partial charge in [-0.05, 0) is 48.1 Å².